The van der Waals surface area contributed by atoms with E-state index < -0.39 is 46.5 Å². The summed E-state index contributed by atoms with van der Waals surface area (Å²) in [5.74, 6) is -1.71. The standard InChI is InChI=1S/C24H28F3N3O6S/c1-29(23(33)10-15-5-6-21-19(9-15)28-22(32)14-37(21,34)35)20(13-30-8-7-17(31)12-30)16-3-2-4-18(11-16)36-24(25,26)27/h2-6,9,11,17,20,31,34-35H,7-8,10,12-14H2,1H3,(H,28,32)/t17-,20+/m0/s1. The van der Waals surface area contributed by atoms with Crippen LogP contribution in [0.1, 0.15) is 23.6 Å². The maximum atomic E-state index is 13.3. The Morgan fingerprint density at radius 2 is 2.03 bits per heavy atom. The summed E-state index contributed by atoms with van der Waals surface area (Å²) in [7, 11) is -1.71. The van der Waals surface area contributed by atoms with Crippen molar-refractivity contribution in [1.29, 1.82) is 0 Å². The van der Waals surface area contributed by atoms with Crippen LogP contribution in [-0.2, 0) is 16.0 Å². The van der Waals surface area contributed by atoms with Crippen LogP contribution in [0, 0.1) is 0 Å². The Bertz CT molecular complexity index is 1180. The van der Waals surface area contributed by atoms with Gasteiger partial charge in [0.05, 0.1) is 29.1 Å². The van der Waals surface area contributed by atoms with Gasteiger partial charge in [0.15, 0.2) is 0 Å². The molecule has 0 saturated carbocycles. The van der Waals surface area contributed by atoms with E-state index in [9.17, 15) is 37.0 Å². The number of carbonyl (C=O) groups is 2. The molecule has 1 fully saturated rings. The molecule has 0 aliphatic carbocycles. The smallest absolute Gasteiger partial charge is 0.406 e. The summed E-state index contributed by atoms with van der Waals surface area (Å²) in [5, 5.41) is 12.5. The lowest BCUT2D eigenvalue weighted by atomic mass is 10.0. The van der Waals surface area contributed by atoms with Crippen LogP contribution in [0.25, 0.3) is 0 Å². The number of likely N-dealkylation sites (N-methyl/N-ethyl adjacent to an activating group) is 1. The highest BCUT2D eigenvalue weighted by atomic mass is 32.3. The molecule has 37 heavy (non-hydrogen) atoms. The molecule has 2 atom stereocenters. The summed E-state index contributed by atoms with van der Waals surface area (Å²) in [4.78, 5) is 28.7. The molecule has 202 valence electrons. The van der Waals surface area contributed by atoms with Crippen molar-refractivity contribution < 1.29 is 41.7 Å². The van der Waals surface area contributed by atoms with Crippen molar-refractivity contribution in [1.82, 2.24) is 9.80 Å². The van der Waals surface area contributed by atoms with Crippen LogP contribution in [0.3, 0.4) is 0 Å². The van der Waals surface area contributed by atoms with Gasteiger partial charge in [0, 0.05) is 26.7 Å². The van der Waals surface area contributed by atoms with Crippen LogP contribution in [0.2, 0.25) is 0 Å². The quantitative estimate of drug-likeness (QED) is 0.422. The molecule has 2 aromatic rings. The minimum atomic E-state index is -4.86. The summed E-state index contributed by atoms with van der Waals surface area (Å²) in [5.41, 5.74) is 1.17. The topological polar surface area (TPSA) is 123 Å². The van der Waals surface area contributed by atoms with Gasteiger partial charge >= 0.3 is 6.36 Å². The number of anilines is 1. The number of fused-ring (bicyclic) bond motifs is 1. The number of amides is 2. The van der Waals surface area contributed by atoms with E-state index in [0.717, 1.165) is 0 Å². The molecule has 2 amide bonds. The number of likely N-dealkylation sites (tertiary alicyclic amines) is 1. The van der Waals surface area contributed by atoms with E-state index in [-0.39, 0.29) is 29.5 Å². The van der Waals surface area contributed by atoms with Gasteiger partial charge in [-0.25, -0.2) is 0 Å². The predicted octanol–water partition coefficient (Wildman–Crippen LogP) is 3.46. The lowest BCUT2D eigenvalue weighted by molar-refractivity contribution is -0.274. The van der Waals surface area contributed by atoms with Gasteiger partial charge in [0.2, 0.25) is 11.8 Å². The van der Waals surface area contributed by atoms with Gasteiger partial charge in [0.1, 0.15) is 11.5 Å². The van der Waals surface area contributed by atoms with E-state index in [1.54, 1.807) is 19.2 Å². The van der Waals surface area contributed by atoms with E-state index in [2.05, 4.69) is 10.1 Å². The highest BCUT2D eigenvalue weighted by molar-refractivity contribution is 8.25. The maximum absolute atomic E-state index is 13.3. The van der Waals surface area contributed by atoms with Crippen molar-refractivity contribution in [3.05, 3.63) is 53.6 Å². The summed E-state index contributed by atoms with van der Waals surface area (Å²) in [6.45, 7) is 1.25. The lowest BCUT2D eigenvalue weighted by Gasteiger charge is -2.37. The lowest BCUT2D eigenvalue weighted by Crippen LogP contribution is -2.39. The molecule has 13 heteroatoms. The number of carbonyl (C=O) groups excluding carboxylic acids is 2. The number of hydrogen-bond acceptors (Lipinski definition) is 7. The molecule has 0 bridgehead atoms. The van der Waals surface area contributed by atoms with Crippen LogP contribution in [0.5, 0.6) is 5.75 Å². The number of ether oxygens (including phenoxy) is 1. The Labute approximate surface area is 213 Å². The number of aliphatic hydroxyl groups is 1. The minimum Gasteiger partial charge on any atom is -0.406 e. The number of hydrogen-bond donors (Lipinski definition) is 4. The first kappa shape index (κ1) is 27.2. The average Bonchev–Trinajstić information content (AvgIpc) is 3.19. The molecule has 1 saturated heterocycles. The zero-order valence-electron chi connectivity index (χ0n) is 19.9. The Balaban J connectivity index is 1.56. The fourth-order valence-corrected chi connectivity index (χ4v) is 5.92. The van der Waals surface area contributed by atoms with Crippen LogP contribution >= 0.6 is 10.6 Å². The monoisotopic (exact) mass is 543 g/mol. The number of β-amino-alcohol motifs (C(OH)–C–C–N with tert-alkyl or cyclic N) is 1. The van der Waals surface area contributed by atoms with Crippen molar-refractivity contribution in [3.63, 3.8) is 0 Å². The molecule has 4 N–H and O–H groups in total. The number of aliphatic hydroxyl groups excluding tert-OH is 1. The van der Waals surface area contributed by atoms with Crippen LogP contribution in [0.4, 0.5) is 18.9 Å². The Morgan fingerprint density at radius 3 is 2.70 bits per heavy atom. The molecule has 4 rings (SSSR count). The van der Waals surface area contributed by atoms with Crippen molar-refractivity contribution in [2.45, 2.75) is 36.2 Å². The maximum Gasteiger partial charge on any atom is 0.573 e. The second-order valence-corrected chi connectivity index (χ2v) is 11.3. The molecule has 0 radical (unpaired) electrons. The van der Waals surface area contributed by atoms with E-state index in [1.807, 2.05) is 4.90 Å². The van der Waals surface area contributed by atoms with Gasteiger partial charge in [-0.3, -0.25) is 23.6 Å². The molecule has 0 unspecified atom stereocenters. The highest BCUT2D eigenvalue weighted by Crippen LogP contribution is 2.53. The van der Waals surface area contributed by atoms with Crippen molar-refractivity contribution in [2.75, 3.05) is 37.8 Å². The van der Waals surface area contributed by atoms with Crippen LogP contribution in [-0.4, -0.2) is 80.7 Å². The van der Waals surface area contributed by atoms with Gasteiger partial charge in [-0.2, -0.15) is 10.6 Å². The summed E-state index contributed by atoms with van der Waals surface area (Å²) in [6.07, 6.45) is -4.92. The van der Waals surface area contributed by atoms with Gasteiger partial charge in [-0.05, 0) is 41.8 Å². The highest BCUT2D eigenvalue weighted by Gasteiger charge is 2.33. The molecule has 2 aromatic carbocycles. The Kier molecular flexibility index (Phi) is 7.72. The van der Waals surface area contributed by atoms with Crippen molar-refractivity contribution >= 4 is 28.1 Å². The Morgan fingerprint density at radius 1 is 1.27 bits per heavy atom. The predicted molar refractivity (Wildman–Crippen MR) is 130 cm³/mol. The molecule has 2 aliphatic heterocycles. The van der Waals surface area contributed by atoms with E-state index in [0.29, 0.717) is 30.6 Å². The number of rotatable bonds is 7. The zero-order valence-corrected chi connectivity index (χ0v) is 20.8. The third-order valence-electron chi connectivity index (χ3n) is 6.37. The number of nitrogens with one attached hydrogen (secondary N) is 1. The molecule has 2 heterocycles. The average molecular weight is 544 g/mol. The van der Waals surface area contributed by atoms with E-state index >= 15 is 0 Å². The zero-order chi connectivity index (χ0) is 27.0. The summed E-state index contributed by atoms with van der Waals surface area (Å²) >= 11 is 0. The molecular weight excluding hydrogens is 515 g/mol. The second-order valence-electron chi connectivity index (χ2n) is 9.21. The van der Waals surface area contributed by atoms with E-state index in [1.165, 1.54) is 35.2 Å². The third kappa shape index (κ3) is 6.73. The molecule has 9 nitrogen and oxygen atoms in total. The van der Waals surface area contributed by atoms with Crippen LogP contribution in [0.15, 0.2) is 47.4 Å². The van der Waals surface area contributed by atoms with Crippen LogP contribution < -0.4 is 10.1 Å². The summed E-state index contributed by atoms with van der Waals surface area (Å²) < 4.78 is 62.8. The Hall–Kier alpha value is -2.84. The number of nitrogens with zero attached hydrogens (tertiary/aromatic N) is 2. The van der Waals surface area contributed by atoms with Crippen molar-refractivity contribution in [3.8, 4) is 5.75 Å². The largest absolute Gasteiger partial charge is 0.573 e. The fraction of sp³-hybridized carbons (Fsp3) is 0.417. The van der Waals surface area contributed by atoms with Gasteiger partial charge in [-0.1, -0.05) is 18.2 Å². The first-order chi connectivity index (χ1) is 17.3. The minimum absolute atomic E-state index is 0.100. The number of halogens is 3. The molecular formula is C24H28F3N3O6S. The number of alkyl halides is 3. The fourth-order valence-electron chi connectivity index (χ4n) is 4.58. The number of benzene rings is 2. The van der Waals surface area contributed by atoms with Crippen molar-refractivity contribution in [2.24, 2.45) is 0 Å². The molecule has 0 aromatic heterocycles. The van der Waals surface area contributed by atoms with Gasteiger partial charge in [0.25, 0.3) is 0 Å². The normalized spacial score (nSPS) is 21.1. The first-order valence-electron chi connectivity index (χ1n) is 11.5. The summed E-state index contributed by atoms with van der Waals surface area (Å²) in [6, 6.07) is 9.37. The van der Waals surface area contributed by atoms with Gasteiger partial charge in [-0.15, -0.1) is 13.2 Å². The second kappa shape index (κ2) is 10.5. The molecule has 2 aliphatic rings. The van der Waals surface area contributed by atoms with E-state index in [4.69, 9.17) is 0 Å². The molecule has 0 spiro atoms. The first-order valence-corrected chi connectivity index (χ1v) is 13.2. The van der Waals surface area contributed by atoms with Gasteiger partial charge < -0.3 is 20.1 Å². The third-order valence-corrected chi connectivity index (χ3v) is 8.10. The SMILES string of the molecule is CN(C(=O)Cc1ccc2c(c1)NC(=O)CS2(O)O)[C@H](CN1CC[C@H](O)C1)c1cccc(OC(F)(F)F)c1.